The largest absolute Gasteiger partial charge is 0.508 e. The van der Waals surface area contributed by atoms with E-state index in [9.17, 15) is 5.11 Å². The zero-order valence-corrected chi connectivity index (χ0v) is 11.0. The number of anilines is 1. The Morgan fingerprint density at radius 1 is 1.44 bits per heavy atom. The summed E-state index contributed by atoms with van der Waals surface area (Å²) in [6.45, 7) is 6.90. The van der Waals surface area contributed by atoms with Crippen LogP contribution in [0.2, 0.25) is 0 Å². The van der Waals surface area contributed by atoms with Gasteiger partial charge < -0.3 is 10.4 Å². The van der Waals surface area contributed by atoms with Gasteiger partial charge in [-0.2, -0.15) is 5.10 Å². The minimum Gasteiger partial charge on any atom is -0.508 e. The van der Waals surface area contributed by atoms with Gasteiger partial charge in [-0.15, -0.1) is 0 Å². The van der Waals surface area contributed by atoms with Gasteiger partial charge in [0.2, 0.25) is 0 Å². The summed E-state index contributed by atoms with van der Waals surface area (Å²) in [6, 6.07) is 5.78. The Kier molecular flexibility index (Phi) is 3.55. The Balaban J connectivity index is 2.10. The number of phenolic OH excluding ortho intramolecular Hbond substituents is 1. The van der Waals surface area contributed by atoms with Crippen LogP contribution >= 0.6 is 0 Å². The number of hydrogen-bond donors (Lipinski definition) is 2. The predicted molar refractivity (Wildman–Crippen MR) is 72.8 cm³/mol. The highest BCUT2D eigenvalue weighted by Gasteiger charge is 2.08. The summed E-state index contributed by atoms with van der Waals surface area (Å²) >= 11 is 0. The zero-order valence-electron chi connectivity index (χ0n) is 11.0. The molecule has 2 N–H and O–H groups in total. The second-order valence-electron chi connectivity index (χ2n) is 4.50. The fraction of sp³-hybridized carbons (Fsp3) is 0.357. The molecule has 0 spiro atoms. The van der Waals surface area contributed by atoms with Crippen molar-refractivity contribution >= 4 is 5.69 Å². The van der Waals surface area contributed by atoms with E-state index in [1.165, 1.54) is 0 Å². The van der Waals surface area contributed by atoms with E-state index in [1.807, 2.05) is 36.1 Å². The van der Waals surface area contributed by atoms with E-state index in [4.69, 9.17) is 0 Å². The Morgan fingerprint density at radius 2 is 2.22 bits per heavy atom. The highest BCUT2D eigenvalue weighted by atomic mass is 16.3. The lowest BCUT2D eigenvalue weighted by Gasteiger charge is -2.14. The second-order valence-corrected chi connectivity index (χ2v) is 4.50. The number of aryl methyl sites for hydroxylation is 2. The first-order chi connectivity index (χ1) is 8.60. The third-order valence-electron chi connectivity index (χ3n) is 3.07. The Bertz CT molecular complexity index is 534. The molecule has 1 heterocycles. The van der Waals surface area contributed by atoms with Crippen LogP contribution in [0.15, 0.2) is 30.6 Å². The van der Waals surface area contributed by atoms with Crippen LogP contribution in [0.3, 0.4) is 0 Å². The van der Waals surface area contributed by atoms with Gasteiger partial charge in [-0.1, -0.05) is 6.07 Å². The molecule has 0 saturated carbocycles. The van der Waals surface area contributed by atoms with Crippen LogP contribution in [0.4, 0.5) is 5.69 Å². The number of nitrogens with one attached hydrogen (secondary N) is 1. The van der Waals surface area contributed by atoms with E-state index >= 15 is 0 Å². The molecule has 96 valence electrons. The van der Waals surface area contributed by atoms with Crippen molar-refractivity contribution in [3.63, 3.8) is 0 Å². The van der Waals surface area contributed by atoms with Crippen molar-refractivity contribution in [2.45, 2.75) is 33.4 Å². The molecule has 0 saturated heterocycles. The molecule has 0 amide bonds. The summed E-state index contributed by atoms with van der Waals surface area (Å²) in [4.78, 5) is 0. The lowest BCUT2D eigenvalue weighted by molar-refractivity contribution is 0.471. The molecule has 1 aromatic heterocycles. The van der Waals surface area contributed by atoms with E-state index in [1.54, 1.807) is 6.07 Å². The Morgan fingerprint density at radius 3 is 2.83 bits per heavy atom. The van der Waals surface area contributed by atoms with Crippen molar-refractivity contribution in [3.8, 4) is 5.75 Å². The van der Waals surface area contributed by atoms with Crippen LogP contribution in [0, 0.1) is 6.92 Å². The molecular formula is C14H19N3O. The smallest absolute Gasteiger partial charge is 0.120 e. The highest BCUT2D eigenvalue weighted by molar-refractivity contribution is 5.52. The second kappa shape index (κ2) is 5.12. The summed E-state index contributed by atoms with van der Waals surface area (Å²) in [5, 5.41) is 17.3. The lowest BCUT2D eigenvalue weighted by atomic mass is 10.1. The quantitative estimate of drug-likeness (QED) is 0.870. The molecule has 2 aromatic rings. The fourth-order valence-corrected chi connectivity index (χ4v) is 1.81. The van der Waals surface area contributed by atoms with Crippen LogP contribution in [-0.4, -0.2) is 14.9 Å². The molecule has 0 bridgehead atoms. The molecule has 0 aliphatic heterocycles. The van der Waals surface area contributed by atoms with E-state index < -0.39 is 0 Å². The maximum absolute atomic E-state index is 9.67. The van der Waals surface area contributed by atoms with Crippen LogP contribution in [0.5, 0.6) is 5.75 Å². The van der Waals surface area contributed by atoms with Crippen LogP contribution in [0.1, 0.15) is 31.0 Å². The van der Waals surface area contributed by atoms with Gasteiger partial charge in [0.05, 0.1) is 12.2 Å². The van der Waals surface area contributed by atoms with Crippen LogP contribution in [0.25, 0.3) is 0 Å². The first-order valence-electron chi connectivity index (χ1n) is 6.18. The predicted octanol–water partition coefficient (Wildman–Crippen LogP) is 3.09. The van der Waals surface area contributed by atoms with Crippen LogP contribution in [-0.2, 0) is 6.54 Å². The topological polar surface area (TPSA) is 50.1 Å². The monoisotopic (exact) mass is 245 g/mol. The standard InChI is InChI=1S/C14H19N3O/c1-4-17-9-12(8-15-17)11(3)16-13-6-5-10(2)14(18)7-13/h5-9,11,16,18H,4H2,1-3H3. The lowest BCUT2D eigenvalue weighted by Crippen LogP contribution is -2.05. The molecule has 4 nitrogen and oxygen atoms in total. The number of aromatic hydroxyl groups is 1. The highest BCUT2D eigenvalue weighted by Crippen LogP contribution is 2.24. The van der Waals surface area contributed by atoms with Crippen molar-refractivity contribution < 1.29 is 5.11 Å². The molecule has 4 heteroatoms. The van der Waals surface area contributed by atoms with Crippen molar-refractivity contribution in [2.24, 2.45) is 0 Å². The summed E-state index contributed by atoms with van der Waals surface area (Å²) < 4.78 is 1.90. The maximum atomic E-state index is 9.67. The van der Waals surface area contributed by atoms with Gasteiger partial charge in [-0.3, -0.25) is 4.68 Å². The number of rotatable bonds is 4. The number of nitrogens with zero attached hydrogens (tertiary/aromatic N) is 2. The minimum absolute atomic E-state index is 0.160. The normalized spacial score (nSPS) is 12.4. The van der Waals surface area contributed by atoms with Gasteiger partial charge in [0.1, 0.15) is 5.75 Å². The summed E-state index contributed by atoms with van der Waals surface area (Å²) in [7, 11) is 0. The number of aromatic nitrogens is 2. The van der Waals surface area contributed by atoms with E-state index in [0.717, 1.165) is 23.4 Å². The molecule has 1 aromatic carbocycles. The van der Waals surface area contributed by atoms with E-state index in [-0.39, 0.29) is 6.04 Å². The number of benzene rings is 1. The van der Waals surface area contributed by atoms with Crippen molar-refractivity contribution in [1.29, 1.82) is 0 Å². The maximum Gasteiger partial charge on any atom is 0.120 e. The molecule has 0 fully saturated rings. The van der Waals surface area contributed by atoms with E-state index in [2.05, 4.69) is 24.3 Å². The third kappa shape index (κ3) is 2.64. The molecule has 1 atom stereocenters. The number of phenols is 1. The first kappa shape index (κ1) is 12.5. The van der Waals surface area contributed by atoms with Gasteiger partial charge in [0.15, 0.2) is 0 Å². The fourth-order valence-electron chi connectivity index (χ4n) is 1.81. The van der Waals surface area contributed by atoms with Gasteiger partial charge in [0, 0.05) is 30.1 Å². The average Bonchev–Trinajstić information content (AvgIpc) is 2.82. The zero-order chi connectivity index (χ0) is 13.1. The van der Waals surface area contributed by atoms with Crippen molar-refractivity contribution in [3.05, 3.63) is 41.7 Å². The van der Waals surface area contributed by atoms with E-state index in [0.29, 0.717) is 5.75 Å². The molecule has 0 radical (unpaired) electrons. The summed E-state index contributed by atoms with van der Waals surface area (Å²) in [6.07, 6.45) is 3.90. The molecule has 18 heavy (non-hydrogen) atoms. The Labute approximate surface area is 107 Å². The molecule has 0 aliphatic rings. The van der Waals surface area contributed by atoms with Crippen molar-refractivity contribution in [1.82, 2.24) is 9.78 Å². The van der Waals surface area contributed by atoms with Gasteiger partial charge in [-0.25, -0.2) is 0 Å². The molecule has 2 rings (SSSR count). The molecule has 0 aliphatic carbocycles. The van der Waals surface area contributed by atoms with Gasteiger partial charge >= 0.3 is 0 Å². The van der Waals surface area contributed by atoms with Gasteiger partial charge in [-0.05, 0) is 32.4 Å². The summed E-state index contributed by atoms with van der Waals surface area (Å²) in [5.41, 5.74) is 2.93. The summed E-state index contributed by atoms with van der Waals surface area (Å²) in [5.74, 6) is 0.316. The van der Waals surface area contributed by atoms with Crippen molar-refractivity contribution in [2.75, 3.05) is 5.32 Å². The van der Waals surface area contributed by atoms with Crippen LogP contribution < -0.4 is 5.32 Å². The SMILES string of the molecule is CCn1cc(C(C)Nc2ccc(C)c(O)c2)cn1. The number of hydrogen-bond acceptors (Lipinski definition) is 3. The minimum atomic E-state index is 0.160. The first-order valence-corrected chi connectivity index (χ1v) is 6.18. The Hall–Kier alpha value is -1.97. The molecule has 1 unspecified atom stereocenters. The third-order valence-corrected chi connectivity index (χ3v) is 3.07. The molecular weight excluding hydrogens is 226 g/mol. The van der Waals surface area contributed by atoms with Gasteiger partial charge in [0.25, 0.3) is 0 Å². The average molecular weight is 245 g/mol.